The van der Waals surface area contributed by atoms with Crippen LogP contribution in [0, 0.1) is 0 Å². The fourth-order valence-corrected chi connectivity index (χ4v) is 1.44. The van der Waals surface area contributed by atoms with Gasteiger partial charge in [-0.15, -0.1) is 0 Å². The van der Waals surface area contributed by atoms with Gasteiger partial charge in [0.2, 0.25) is 5.88 Å². The van der Waals surface area contributed by atoms with Crippen LogP contribution in [0.4, 0.5) is 13.2 Å². The Morgan fingerprint density at radius 1 is 1.50 bits per heavy atom. The minimum absolute atomic E-state index is 0.00475. The van der Waals surface area contributed by atoms with Crippen LogP contribution in [0.2, 0.25) is 0 Å². The van der Waals surface area contributed by atoms with Crippen molar-refractivity contribution in [2.75, 3.05) is 13.7 Å². The molecule has 0 saturated carbocycles. The van der Waals surface area contributed by atoms with Crippen LogP contribution in [0.25, 0.3) is 0 Å². The molecule has 0 fully saturated rings. The van der Waals surface area contributed by atoms with Crippen molar-refractivity contribution in [3.05, 3.63) is 22.3 Å². The number of halogens is 4. The first-order valence-corrected chi connectivity index (χ1v) is 5.20. The highest BCUT2D eigenvalue weighted by Crippen LogP contribution is 2.22. The van der Waals surface area contributed by atoms with Crippen molar-refractivity contribution in [2.45, 2.75) is 12.7 Å². The van der Waals surface area contributed by atoms with Crippen LogP contribution in [0.1, 0.15) is 5.56 Å². The number of pyridine rings is 1. The van der Waals surface area contributed by atoms with Crippen molar-refractivity contribution in [2.24, 2.45) is 0 Å². The van der Waals surface area contributed by atoms with Gasteiger partial charge in [0.25, 0.3) is 0 Å². The van der Waals surface area contributed by atoms with Gasteiger partial charge in [-0.3, -0.25) is 0 Å². The summed E-state index contributed by atoms with van der Waals surface area (Å²) in [5.74, 6) is -0.00475. The standard InChI is InChI=1S/C9H10BrF3N2O/c1-14-3-6-2-7(10)4-15-8(6)16-5-9(11,12)13/h2,4,14H,3,5H2,1H3. The zero-order valence-corrected chi connectivity index (χ0v) is 10.0. The summed E-state index contributed by atoms with van der Waals surface area (Å²) in [6, 6.07) is 1.66. The summed E-state index contributed by atoms with van der Waals surface area (Å²) in [6.07, 6.45) is -2.96. The third-order valence-corrected chi connectivity index (χ3v) is 2.07. The van der Waals surface area contributed by atoms with Crippen molar-refractivity contribution >= 4 is 15.9 Å². The van der Waals surface area contributed by atoms with Crippen molar-refractivity contribution in [1.82, 2.24) is 10.3 Å². The average molecular weight is 299 g/mol. The fourth-order valence-electron chi connectivity index (χ4n) is 1.07. The van der Waals surface area contributed by atoms with Gasteiger partial charge in [0, 0.05) is 22.8 Å². The highest BCUT2D eigenvalue weighted by molar-refractivity contribution is 9.10. The maximum absolute atomic E-state index is 12.0. The molecule has 0 aliphatic carbocycles. The highest BCUT2D eigenvalue weighted by atomic mass is 79.9. The van der Waals surface area contributed by atoms with E-state index >= 15 is 0 Å². The molecule has 1 aromatic rings. The molecule has 0 unspecified atom stereocenters. The molecule has 1 N–H and O–H groups in total. The third-order valence-electron chi connectivity index (χ3n) is 1.63. The lowest BCUT2D eigenvalue weighted by Crippen LogP contribution is -2.20. The van der Waals surface area contributed by atoms with E-state index in [1.54, 1.807) is 13.1 Å². The van der Waals surface area contributed by atoms with Crippen LogP contribution in [0.5, 0.6) is 5.88 Å². The van der Waals surface area contributed by atoms with Gasteiger partial charge in [0.1, 0.15) is 0 Å². The largest absolute Gasteiger partial charge is 0.468 e. The Morgan fingerprint density at radius 2 is 2.19 bits per heavy atom. The first-order valence-electron chi connectivity index (χ1n) is 4.41. The molecule has 0 amide bonds. The van der Waals surface area contributed by atoms with E-state index in [1.807, 2.05) is 0 Å². The maximum atomic E-state index is 12.0. The van der Waals surface area contributed by atoms with Crippen LogP contribution < -0.4 is 10.1 Å². The number of rotatable bonds is 4. The lowest BCUT2D eigenvalue weighted by atomic mass is 10.3. The van der Waals surface area contributed by atoms with Gasteiger partial charge in [-0.05, 0) is 29.0 Å². The molecule has 0 aromatic carbocycles. The van der Waals surface area contributed by atoms with Crippen molar-refractivity contribution in [1.29, 1.82) is 0 Å². The molecule has 0 atom stereocenters. The van der Waals surface area contributed by atoms with Crippen LogP contribution >= 0.6 is 15.9 Å². The van der Waals surface area contributed by atoms with E-state index < -0.39 is 12.8 Å². The van der Waals surface area contributed by atoms with Gasteiger partial charge in [0.05, 0.1) is 0 Å². The van der Waals surface area contributed by atoms with Crippen LogP contribution in [0.3, 0.4) is 0 Å². The fraction of sp³-hybridized carbons (Fsp3) is 0.444. The van der Waals surface area contributed by atoms with Gasteiger partial charge >= 0.3 is 6.18 Å². The molecule has 16 heavy (non-hydrogen) atoms. The van der Waals surface area contributed by atoms with Crippen LogP contribution in [-0.2, 0) is 6.54 Å². The first kappa shape index (κ1) is 13.2. The third kappa shape index (κ3) is 4.36. The van der Waals surface area contributed by atoms with E-state index in [0.29, 0.717) is 16.6 Å². The van der Waals surface area contributed by atoms with Crippen LogP contribution in [-0.4, -0.2) is 24.8 Å². The summed E-state index contributed by atoms with van der Waals surface area (Å²) in [5.41, 5.74) is 0.570. The molecule has 90 valence electrons. The molecule has 3 nitrogen and oxygen atoms in total. The Morgan fingerprint density at radius 3 is 2.75 bits per heavy atom. The Hall–Kier alpha value is -0.820. The second kappa shape index (κ2) is 5.49. The van der Waals surface area contributed by atoms with Gasteiger partial charge < -0.3 is 10.1 Å². The number of alkyl halides is 3. The van der Waals surface area contributed by atoms with E-state index in [4.69, 9.17) is 0 Å². The number of ether oxygens (including phenoxy) is 1. The second-order valence-electron chi connectivity index (χ2n) is 3.05. The Kier molecular flexibility index (Phi) is 4.55. The predicted molar refractivity (Wildman–Crippen MR) is 56.3 cm³/mol. The van der Waals surface area contributed by atoms with Crippen LogP contribution in [0.15, 0.2) is 16.7 Å². The quantitative estimate of drug-likeness (QED) is 0.927. The Balaban J connectivity index is 2.78. The maximum Gasteiger partial charge on any atom is 0.422 e. The Labute approximate surface area is 99.1 Å². The predicted octanol–water partition coefficient (Wildman–Crippen LogP) is 2.50. The molecule has 1 aromatic heterocycles. The van der Waals surface area contributed by atoms with Gasteiger partial charge in [-0.25, -0.2) is 4.98 Å². The smallest absolute Gasteiger partial charge is 0.422 e. The van der Waals surface area contributed by atoms with E-state index in [2.05, 4.69) is 31.0 Å². The molecule has 1 heterocycles. The van der Waals surface area contributed by atoms with Gasteiger partial charge in [0.15, 0.2) is 6.61 Å². The summed E-state index contributed by atoms with van der Waals surface area (Å²) >= 11 is 3.19. The van der Waals surface area contributed by atoms with E-state index in [0.717, 1.165) is 0 Å². The molecule has 0 aliphatic rings. The van der Waals surface area contributed by atoms with E-state index in [9.17, 15) is 13.2 Å². The summed E-state index contributed by atoms with van der Waals surface area (Å²) in [4.78, 5) is 3.79. The van der Waals surface area contributed by atoms with E-state index in [1.165, 1.54) is 6.20 Å². The topological polar surface area (TPSA) is 34.2 Å². The van der Waals surface area contributed by atoms with Gasteiger partial charge in [-0.2, -0.15) is 13.2 Å². The number of hydrogen-bond acceptors (Lipinski definition) is 3. The van der Waals surface area contributed by atoms with E-state index in [-0.39, 0.29) is 5.88 Å². The Bertz CT molecular complexity index is 357. The number of hydrogen-bond donors (Lipinski definition) is 1. The lowest BCUT2D eigenvalue weighted by Gasteiger charge is -2.12. The molecule has 0 aliphatic heterocycles. The highest BCUT2D eigenvalue weighted by Gasteiger charge is 2.29. The zero-order chi connectivity index (χ0) is 12.2. The number of aromatic nitrogens is 1. The molecule has 1 rings (SSSR count). The first-order chi connectivity index (χ1) is 7.42. The molecule has 0 bridgehead atoms. The molecule has 0 radical (unpaired) electrons. The second-order valence-corrected chi connectivity index (χ2v) is 3.97. The SMILES string of the molecule is CNCc1cc(Br)cnc1OCC(F)(F)F. The molecular formula is C9H10BrF3N2O. The normalized spacial score (nSPS) is 11.6. The molecule has 0 saturated heterocycles. The molecule has 7 heteroatoms. The number of nitrogens with one attached hydrogen (secondary N) is 1. The number of nitrogens with zero attached hydrogens (tertiary/aromatic N) is 1. The summed E-state index contributed by atoms with van der Waals surface area (Å²) < 4.78 is 41.2. The monoisotopic (exact) mass is 298 g/mol. The van der Waals surface area contributed by atoms with Crippen molar-refractivity contribution in [3.8, 4) is 5.88 Å². The minimum atomic E-state index is -4.36. The zero-order valence-electron chi connectivity index (χ0n) is 8.44. The summed E-state index contributed by atoms with van der Waals surface area (Å²) in [6.45, 7) is -0.946. The molecular weight excluding hydrogens is 289 g/mol. The minimum Gasteiger partial charge on any atom is -0.468 e. The molecule has 0 spiro atoms. The average Bonchev–Trinajstić information content (AvgIpc) is 2.15. The van der Waals surface area contributed by atoms with Crippen molar-refractivity contribution in [3.63, 3.8) is 0 Å². The lowest BCUT2D eigenvalue weighted by molar-refractivity contribution is -0.154. The van der Waals surface area contributed by atoms with Gasteiger partial charge in [-0.1, -0.05) is 0 Å². The van der Waals surface area contributed by atoms with Crippen molar-refractivity contribution < 1.29 is 17.9 Å². The summed E-state index contributed by atoms with van der Waals surface area (Å²) in [7, 11) is 1.69. The summed E-state index contributed by atoms with van der Waals surface area (Å²) in [5, 5.41) is 2.83.